The van der Waals surface area contributed by atoms with E-state index in [0.717, 1.165) is 12.3 Å². The van der Waals surface area contributed by atoms with Gasteiger partial charge in [-0.2, -0.15) is 5.26 Å². The van der Waals surface area contributed by atoms with Crippen molar-refractivity contribution in [1.29, 1.82) is 5.26 Å². The molecule has 1 fully saturated rings. The zero-order valence-electron chi connectivity index (χ0n) is 11.0. The predicted molar refractivity (Wildman–Crippen MR) is 68.8 cm³/mol. The predicted octanol–water partition coefficient (Wildman–Crippen LogP) is 1.07. The molecule has 0 unspecified atom stereocenters. The SMILES string of the molecule is Cc1oc(CN(CCC#N)C2CC2)cc1C(=O)NN. The number of carbonyl (C=O) groups excluding carboxylic acids is 1. The molecule has 0 radical (unpaired) electrons. The minimum Gasteiger partial charge on any atom is -0.464 e. The lowest BCUT2D eigenvalue weighted by Gasteiger charge is -2.18. The van der Waals surface area contributed by atoms with E-state index in [1.54, 1.807) is 13.0 Å². The number of hydrogen-bond donors (Lipinski definition) is 2. The van der Waals surface area contributed by atoms with Crippen LogP contribution in [-0.2, 0) is 6.54 Å². The summed E-state index contributed by atoms with van der Waals surface area (Å²) in [5.41, 5.74) is 2.57. The number of nitrogens with zero attached hydrogens (tertiary/aromatic N) is 2. The summed E-state index contributed by atoms with van der Waals surface area (Å²) in [5.74, 6) is 6.08. The second kappa shape index (κ2) is 5.87. The van der Waals surface area contributed by atoms with Crippen LogP contribution in [0.1, 0.15) is 41.1 Å². The molecule has 0 saturated heterocycles. The molecule has 1 heterocycles. The van der Waals surface area contributed by atoms with Crippen LogP contribution < -0.4 is 11.3 Å². The number of hydrogen-bond acceptors (Lipinski definition) is 5. The lowest BCUT2D eigenvalue weighted by molar-refractivity contribution is 0.0952. The van der Waals surface area contributed by atoms with Gasteiger partial charge in [0.2, 0.25) is 0 Å². The van der Waals surface area contributed by atoms with Gasteiger partial charge in [-0.05, 0) is 25.8 Å². The number of nitrogens with two attached hydrogens (primary N) is 1. The molecule has 1 aromatic rings. The van der Waals surface area contributed by atoms with Gasteiger partial charge in [-0.1, -0.05) is 0 Å². The molecule has 6 nitrogen and oxygen atoms in total. The molecule has 1 aliphatic carbocycles. The van der Waals surface area contributed by atoms with Gasteiger partial charge in [0.05, 0.1) is 18.2 Å². The molecule has 1 saturated carbocycles. The Hall–Kier alpha value is -1.84. The zero-order chi connectivity index (χ0) is 13.8. The molecule has 0 bridgehead atoms. The minimum atomic E-state index is -0.345. The van der Waals surface area contributed by atoms with Crippen LogP contribution in [0.3, 0.4) is 0 Å². The number of nitriles is 1. The number of rotatable bonds is 6. The summed E-state index contributed by atoms with van der Waals surface area (Å²) in [5, 5.41) is 8.67. The first-order chi connectivity index (χ1) is 9.15. The molecule has 0 aromatic carbocycles. The lowest BCUT2D eigenvalue weighted by atomic mass is 10.2. The largest absolute Gasteiger partial charge is 0.464 e. The van der Waals surface area contributed by atoms with Gasteiger partial charge in [0.1, 0.15) is 11.5 Å². The highest BCUT2D eigenvalue weighted by Gasteiger charge is 2.29. The molecule has 1 aliphatic rings. The molecule has 0 spiro atoms. The number of aryl methyl sites for hydroxylation is 1. The van der Waals surface area contributed by atoms with Crippen LogP contribution >= 0.6 is 0 Å². The Kier molecular flexibility index (Phi) is 4.20. The van der Waals surface area contributed by atoms with Crippen molar-refractivity contribution in [3.05, 3.63) is 23.2 Å². The van der Waals surface area contributed by atoms with Crippen LogP contribution in [0.2, 0.25) is 0 Å². The van der Waals surface area contributed by atoms with Crippen molar-refractivity contribution in [2.75, 3.05) is 6.54 Å². The summed E-state index contributed by atoms with van der Waals surface area (Å²) in [6.07, 6.45) is 2.84. The highest BCUT2D eigenvalue weighted by atomic mass is 16.3. The summed E-state index contributed by atoms with van der Waals surface area (Å²) < 4.78 is 5.59. The van der Waals surface area contributed by atoms with Crippen molar-refractivity contribution < 1.29 is 9.21 Å². The topological polar surface area (TPSA) is 95.3 Å². The van der Waals surface area contributed by atoms with E-state index < -0.39 is 0 Å². The average molecular weight is 262 g/mol. The Labute approximate surface area is 112 Å². The van der Waals surface area contributed by atoms with Crippen LogP contribution in [0.15, 0.2) is 10.5 Å². The summed E-state index contributed by atoms with van der Waals surface area (Å²) in [6, 6.07) is 4.43. The quantitative estimate of drug-likeness (QED) is 0.454. The zero-order valence-corrected chi connectivity index (χ0v) is 11.0. The van der Waals surface area contributed by atoms with E-state index >= 15 is 0 Å². The molecule has 0 atom stereocenters. The molecule has 1 amide bonds. The van der Waals surface area contributed by atoms with Gasteiger partial charge in [0.15, 0.2) is 0 Å². The van der Waals surface area contributed by atoms with Gasteiger partial charge in [-0.3, -0.25) is 15.1 Å². The number of amides is 1. The standard InChI is InChI=1S/C13H18N4O2/c1-9-12(13(18)16-15)7-11(19-9)8-17(6-2-5-14)10-3-4-10/h7,10H,2-4,6,8,15H2,1H3,(H,16,18). The number of furan rings is 1. The maximum absolute atomic E-state index is 11.5. The fourth-order valence-corrected chi connectivity index (χ4v) is 2.15. The van der Waals surface area contributed by atoms with E-state index in [-0.39, 0.29) is 5.91 Å². The Bertz CT molecular complexity index is 499. The summed E-state index contributed by atoms with van der Waals surface area (Å²) >= 11 is 0. The monoisotopic (exact) mass is 262 g/mol. The van der Waals surface area contributed by atoms with Crippen LogP contribution in [0.5, 0.6) is 0 Å². The Morgan fingerprint density at radius 1 is 1.68 bits per heavy atom. The van der Waals surface area contributed by atoms with E-state index in [4.69, 9.17) is 15.5 Å². The van der Waals surface area contributed by atoms with Gasteiger partial charge in [0, 0.05) is 19.0 Å². The van der Waals surface area contributed by atoms with Gasteiger partial charge in [-0.15, -0.1) is 0 Å². The number of nitrogen functional groups attached to an aromatic ring is 1. The van der Waals surface area contributed by atoms with Gasteiger partial charge >= 0.3 is 0 Å². The van der Waals surface area contributed by atoms with Crippen molar-refractivity contribution in [2.45, 2.75) is 38.8 Å². The van der Waals surface area contributed by atoms with E-state index in [9.17, 15) is 4.79 Å². The van der Waals surface area contributed by atoms with E-state index in [1.807, 2.05) is 0 Å². The second-order valence-electron chi connectivity index (χ2n) is 4.77. The first-order valence-corrected chi connectivity index (χ1v) is 6.37. The van der Waals surface area contributed by atoms with E-state index in [1.165, 1.54) is 12.8 Å². The molecule has 0 aliphatic heterocycles. The third-order valence-corrected chi connectivity index (χ3v) is 3.28. The van der Waals surface area contributed by atoms with E-state index in [2.05, 4.69) is 16.4 Å². The minimum absolute atomic E-state index is 0.345. The fourth-order valence-electron chi connectivity index (χ4n) is 2.15. The second-order valence-corrected chi connectivity index (χ2v) is 4.77. The summed E-state index contributed by atoms with van der Waals surface area (Å²) in [7, 11) is 0. The Morgan fingerprint density at radius 2 is 2.42 bits per heavy atom. The smallest absolute Gasteiger partial charge is 0.268 e. The fraction of sp³-hybridized carbons (Fsp3) is 0.538. The average Bonchev–Trinajstić information content (AvgIpc) is 3.18. The summed E-state index contributed by atoms with van der Waals surface area (Å²) in [6.45, 7) is 3.11. The van der Waals surface area contributed by atoms with E-state index in [0.29, 0.717) is 30.3 Å². The first kappa shape index (κ1) is 13.6. The maximum Gasteiger partial charge on any atom is 0.268 e. The third-order valence-electron chi connectivity index (χ3n) is 3.28. The molecular weight excluding hydrogens is 244 g/mol. The van der Waals surface area contributed by atoms with Gasteiger partial charge in [-0.25, -0.2) is 5.84 Å². The van der Waals surface area contributed by atoms with Crippen molar-refractivity contribution in [2.24, 2.45) is 5.84 Å². The van der Waals surface area contributed by atoms with Crippen LogP contribution in [0.25, 0.3) is 0 Å². The molecule has 19 heavy (non-hydrogen) atoms. The number of nitrogens with one attached hydrogen (secondary N) is 1. The normalized spacial score (nSPS) is 14.4. The number of hydrazine groups is 1. The van der Waals surface area contributed by atoms with Crippen molar-refractivity contribution in [3.63, 3.8) is 0 Å². The molecule has 102 valence electrons. The van der Waals surface area contributed by atoms with Crippen LogP contribution in [-0.4, -0.2) is 23.4 Å². The highest BCUT2D eigenvalue weighted by molar-refractivity contribution is 5.94. The van der Waals surface area contributed by atoms with Crippen molar-refractivity contribution in [3.8, 4) is 6.07 Å². The molecular formula is C13H18N4O2. The third kappa shape index (κ3) is 3.34. The Balaban J connectivity index is 2.05. The highest BCUT2D eigenvalue weighted by Crippen LogP contribution is 2.29. The van der Waals surface area contributed by atoms with Crippen molar-refractivity contribution in [1.82, 2.24) is 10.3 Å². The summed E-state index contributed by atoms with van der Waals surface area (Å²) in [4.78, 5) is 13.7. The van der Waals surface area contributed by atoms with Crippen LogP contribution in [0, 0.1) is 18.3 Å². The first-order valence-electron chi connectivity index (χ1n) is 6.37. The molecule has 2 rings (SSSR count). The van der Waals surface area contributed by atoms with Gasteiger partial charge < -0.3 is 4.42 Å². The molecule has 1 aromatic heterocycles. The lowest BCUT2D eigenvalue weighted by Crippen LogP contribution is -2.30. The maximum atomic E-state index is 11.5. The molecule has 3 N–H and O–H groups in total. The van der Waals surface area contributed by atoms with Crippen LogP contribution in [0.4, 0.5) is 0 Å². The van der Waals surface area contributed by atoms with Gasteiger partial charge in [0.25, 0.3) is 5.91 Å². The number of carbonyl (C=O) groups is 1. The van der Waals surface area contributed by atoms with Crippen molar-refractivity contribution >= 4 is 5.91 Å². The Morgan fingerprint density at radius 3 is 3.00 bits per heavy atom. The molecule has 6 heteroatoms.